The van der Waals surface area contributed by atoms with Crippen LogP contribution < -0.4 is 0 Å². The Morgan fingerprint density at radius 1 is 1.00 bits per heavy atom. The van der Waals surface area contributed by atoms with Gasteiger partial charge < -0.3 is 0 Å². The van der Waals surface area contributed by atoms with Crippen LogP contribution in [0.1, 0.15) is 10.4 Å². The Morgan fingerprint density at radius 3 is 2.46 bits per heavy atom. The summed E-state index contributed by atoms with van der Waals surface area (Å²) in [4.78, 5) is 13.6. The third-order valence-corrected chi connectivity index (χ3v) is 6.06. The second-order valence-electron chi connectivity index (χ2n) is 5.59. The third-order valence-electron chi connectivity index (χ3n) is 3.97. The van der Waals surface area contributed by atoms with Crippen molar-refractivity contribution in [1.29, 1.82) is 0 Å². The molecule has 132 valence electrons. The summed E-state index contributed by atoms with van der Waals surface area (Å²) in [6.45, 7) is 0.0197. The number of sulfonamides is 1. The van der Waals surface area contributed by atoms with Gasteiger partial charge in [0.2, 0.25) is 5.82 Å². The summed E-state index contributed by atoms with van der Waals surface area (Å²) in [5.74, 6) is -0.154. The van der Waals surface area contributed by atoms with E-state index in [0.29, 0.717) is 10.8 Å². The lowest BCUT2D eigenvalue weighted by molar-refractivity contribution is 0.0866. The summed E-state index contributed by atoms with van der Waals surface area (Å²) in [5, 5.41) is 12.7. The van der Waals surface area contributed by atoms with E-state index in [0.717, 1.165) is 9.87 Å². The standard InChI is InChI=1S/C16H12ClN5O3S/c17-12-7-5-11(6-8-12)15-18-20-22(19-15)10-9-21-16(23)13-3-1-2-4-14(13)26(21,24)25/h1-8H,9-10H2. The van der Waals surface area contributed by atoms with E-state index in [9.17, 15) is 13.2 Å². The quantitative estimate of drug-likeness (QED) is 0.675. The first-order chi connectivity index (χ1) is 12.5. The first kappa shape index (κ1) is 16.7. The Bertz CT molecular complexity index is 1100. The van der Waals surface area contributed by atoms with Crippen LogP contribution in [0.4, 0.5) is 0 Å². The summed E-state index contributed by atoms with van der Waals surface area (Å²) in [7, 11) is -3.84. The van der Waals surface area contributed by atoms with E-state index in [1.807, 2.05) is 0 Å². The largest absolute Gasteiger partial charge is 0.269 e. The minimum atomic E-state index is -3.84. The fourth-order valence-electron chi connectivity index (χ4n) is 2.68. The number of hydrogen-bond donors (Lipinski definition) is 0. The molecular weight excluding hydrogens is 378 g/mol. The highest BCUT2D eigenvalue weighted by Gasteiger charge is 2.40. The lowest BCUT2D eigenvalue weighted by Gasteiger charge is -2.13. The number of hydrogen-bond acceptors (Lipinski definition) is 6. The van der Waals surface area contributed by atoms with Crippen molar-refractivity contribution in [1.82, 2.24) is 24.5 Å². The summed E-state index contributed by atoms with van der Waals surface area (Å²) in [5.41, 5.74) is 0.916. The van der Waals surface area contributed by atoms with Crippen LogP contribution >= 0.6 is 11.6 Å². The maximum absolute atomic E-state index is 12.5. The van der Waals surface area contributed by atoms with Crippen molar-refractivity contribution in [3.8, 4) is 11.4 Å². The predicted octanol–water partition coefficient (Wildman–Crippen LogP) is 1.84. The molecule has 1 aliphatic rings. The van der Waals surface area contributed by atoms with Crippen molar-refractivity contribution in [3.63, 3.8) is 0 Å². The third kappa shape index (κ3) is 2.74. The number of tetrazole rings is 1. The maximum Gasteiger partial charge on any atom is 0.269 e. The number of carbonyl (C=O) groups excluding carboxylic acids is 1. The number of nitrogens with zero attached hydrogens (tertiary/aromatic N) is 5. The van der Waals surface area contributed by atoms with Crippen LogP contribution in [-0.2, 0) is 16.6 Å². The first-order valence-electron chi connectivity index (χ1n) is 7.67. The van der Waals surface area contributed by atoms with Crippen molar-refractivity contribution in [2.75, 3.05) is 6.54 Å². The zero-order chi connectivity index (χ0) is 18.3. The minimum Gasteiger partial charge on any atom is -0.268 e. The molecule has 0 bridgehead atoms. The first-order valence-corrected chi connectivity index (χ1v) is 9.48. The Morgan fingerprint density at radius 2 is 1.73 bits per heavy atom. The van der Waals surface area contributed by atoms with E-state index >= 15 is 0 Å². The van der Waals surface area contributed by atoms with Gasteiger partial charge in [0.25, 0.3) is 15.9 Å². The monoisotopic (exact) mass is 389 g/mol. The van der Waals surface area contributed by atoms with Gasteiger partial charge in [-0.3, -0.25) is 4.79 Å². The fraction of sp³-hybridized carbons (Fsp3) is 0.125. The molecule has 0 unspecified atom stereocenters. The molecule has 8 nitrogen and oxygen atoms in total. The molecule has 1 aliphatic heterocycles. The van der Waals surface area contributed by atoms with Crippen molar-refractivity contribution in [2.45, 2.75) is 11.4 Å². The van der Waals surface area contributed by atoms with Crippen LogP contribution in [0, 0.1) is 0 Å². The molecule has 2 heterocycles. The molecule has 1 aromatic heterocycles. The van der Waals surface area contributed by atoms with Crippen LogP contribution in [0.3, 0.4) is 0 Å². The summed E-state index contributed by atoms with van der Waals surface area (Å²) >= 11 is 5.85. The van der Waals surface area contributed by atoms with Gasteiger partial charge in [-0.25, -0.2) is 12.7 Å². The molecule has 0 fully saturated rings. The second-order valence-corrected chi connectivity index (χ2v) is 7.86. The maximum atomic E-state index is 12.5. The topological polar surface area (TPSA) is 98.1 Å². The van der Waals surface area contributed by atoms with Gasteiger partial charge in [0, 0.05) is 10.6 Å². The molecule has 10 heteroatoms. The van der Waals surface area contributed by atoms with Gasteiger partial charge in [-0.05, 0) is 41.6 Å². The summed E-state index contributed by atoms with van der Waals surface area (Å²) in [6, 6.07) is 13.1. The van der Waals surface area contributed by atoms with Crippen molar-refractivity contribution in [3.05, 3.63) is 59.1 Å². The zero-order valence-electron chi connectivity index (χ0n) is 13.3. The van der Waals surface area contributed by atoms with E-state index in [2.05, 4.69) is 15.4 Å². The van der Waals surface area contributed by atoms with Gasteiger partial charge >= 0.3 is 0 Å². The second kappa shape index (κ2) is 6.19. The lowest BCUT2D eigenvalue weighted by Crippen LogP contribution is -2.33. The number of aromatic nitrogens is 4. The van der Waals surface area contributed by atoms with Crippen LogP contribution in [0.25, 0.3) is 11.4 Å². The van der Waals surface area contributed by atoms with E-state index in [1.165, 1.54) is 16.9 Å². The van der Waals surface area contributed by atoms with Gasteiger partial charge in [-0.1, -0.05) is 23.7 Å². The highest BCUT2D eigenvalue weighted by molar-refractivity contribution is 7.90. The molecule has 0 saturated carbocycles. The predicted molar refractivity (Wildman–Crippen MR) is 92.9 cm³/mol. The van der Waals surface area contributed by atoms with Gasteiger partial charge in [0.1, 0.15) is 4.90 Å². The highest BCUT2D eigenvalue weighted by Crippen LogP contribution is 2.29. The van der Waals surface area contributed by atoms with E-state index in [-0.39, 0.29) is 23.5 Å². The molecule has 0 spiro atoms. The number of benzene rings is 2. The Hall–Kier alpha value is -2.78. The Kier molecular flexibility index (Phi) is 3.97. The van der Waals surface area contributed by atoms with Crippen molar-refractivity contribution >= 4 is 27.5 Å². The molecule has 2 aromatic carbocycles. The molecule has 0 radical (unpaired) electrons. The molecule has 0 atom stereocenters. The molecule has 0 N–H and O–H groups in total. The number of carbonyl (C=O) groups is 1. The Labute approximate surface area is 154 Å². The van der Waals surface area contributed by atoms with Crippen molar-refractivity contribution < 1.29 is 13.2 Å². The van der Waals surface area contributed by atoms with E-state index in [1.54, 1.807) is 36.4 Å². The number of amides is 1. The van der Waals surface area contributed by atoms with Crippen LogP contribution in [-0.4, -0.2) is 45.4 Å². The summed E-state index contributed by atoms with van der Waals surface area (Å²) < 4.78 is 25.8. The molecular formula is C16H12ClN5O3S. The SMILES string of the molecule is O=C1c2ccccc2S(=O)(=O)N1CCn1nnc(-c2ccc(Cl)cc2)n1. The van der Waals surface area contributed by atoms with Crippen LogP contribution in [0.2, 0.25) is 5.02 Å². The smallest absolute Gasteiger partial charge is 0.268 e. The van der Waals surface area contributed by atoms with Gasteiger partial charge in [-0.2, -0.15) is 4.80 Å². The van der Waals surface area contributed by atoms with Gasteiger partial charge in [0.15, 0.2) is 0 Å². The molecule has 1 amide bonds. The van der Waals surface area contributed by atoms with Gasteiger partial charge in [-0.15, -0.1) is 10.2 Å². The van der Waals surface area contributed by atoms with Crippen LogP contribution in [0.15, 0.2) is 53.4 Å². The molecule has 4 rings (SSSR count). The minimum absolute atomic E-state index is 0.0263. The number of halogens is 1. The van der Waals surface area contributed by atoms with E-state index in [4.69, 9.17) is 11.6 Å². The van der Waals surface area contributed by atoms with Crippen LogP contribution in [0.5, 0.6) is 0 Å². The Balaban J connectivity index is 1.52. The average molecular weight is 390 g/mol. The molecule has 3 aromatic rings. The zero-order valence-corrected chi connectivity index (χ0v) is 14.9. The highest BCUT2D eigenvalue weighted by atomic mass is 35.5. The summed E-state index contributed by atoms with van der Waals surface area (Å²) in [6.07, 6.45) is 0. The normalized spacial score (nSPS) is 15.3. The van der Waals surface area contributed by atoms with E-state index < -0.39 is 15.9 Å². The fourth-order valence-corrected chi connectivity index (χ4v) is 4.37. The molecule has 0 aliphatic carbocycles. The van der Waals surface area contributed by atoms with Crippen molar-refractivity contribution in [2.24, 2.45) is 0 Å². The lowest BCUT2D eigenvalue weighted by atomic mass is 10.2. The number of fused-ring (bicyclic) bond motifs is 1. The average Bonchev–Trinajstić information content (AvgIpc) is 3.17. The van der Waals surface area contributed by atoms with Gasteiger partial charge in [0.05, 0.1) is 18.7 Å². The molecule has 26 heavy (non-hydrogen) atoms. The molecule has 0 saturated heterocycles. The number of rotatable bonds is 4.